The molecule has 0 saturated carbocycles. The van der Waals surface area contributed by atoms with E-state index < -0.39 is 11.6 Å². The van der Waals surface area contributed by atoms with Crippen LogP contribution in [-0.4, -0.2) is 35.7 Å². The lowest BCUT2D eigenvalue weighted by atomic mass is 9.82. The van der Waals surface area contributed by atoms with Crippen LogP contribution in [0.15, 0.2) is 120 Å². The van der Waals surface area contributed by atoms with Crippen molar-refractivity contribution in [3.8, 4) is 5.75 Å². The van der Waals surface area contributed by atoms with Gasteiger partial charge in [-0.1, -0.05) is 91.0 Å². The third-order valence-electron chi connectivity index (χ3n) is 6.74. The number of hydrogen-bond acceptors (Lipinski definition) is 5. The maximum Gasteiger partial charge on any atom is 0.252 e. The van der Waals surface area contributed by atoms with E-state index in [4.69, 9.17) is 19.6 Å². The summed E-state index contributed by atoms with van der Waals surface area (Å²) in [6.07, 6.45) is 0.321. The maximum atomic E-state index is 14.2. The third-order valence-corrected chi connectivity index (χ3v) is 6.74. The number of aliphatic hydroxyl groups excluding tert-OH is 1. The van der Waals surface area contributed by atoms with Crippen molar-refractivity contribution in [2.24, 2.45) is 4.99 Å². The summed E-state index contributed by atoms with van der Waals surface area (Å²) in [5.74, 6) is 0.918. The van der Waals surface area contributed by atoms with Crippen LogP contribution in [0, 0.1) is 0 Å². The number of rotatable bonds is 11. The van der Waals surface area contributed by atoms with Gasteiger partial charge in [0.25, 0.3) is 5.91 Å². The van der Waals surface area contributed by atoms with E-state index in [-0.39, 0.29) is 12.5 Å². The molecule has 4 aromatic carbocycles. The Kier molecular flexibility index (Phi) is 8.34. The first-order chi connectivity index (χ1) is 19.2. The largest absolute Gasteiger partial charge is 0.494 e. The van der Waals surface area contributed by atoms with E-state index in [1.165, 1.54) is 0 Å². The maximum absolute atomic E-state index is 14.2. The summed E-state index contributed by atoms with van der Waals surface area (Å²) in [7, 11) is 0. The van der Waals surface area contributed by atoms with Crippen LogP contribution < -0.4 is 10.1 Å². The molecule has 6 heteroatoms. The molecule has 1 amide bonds. The fourth-order valence-electron chi connectivity index (χ4n) is 4.75. The fourth-order valence-corrected chi connectivity index (χ4v) is 4.75. The monoisotopic (exact) mass is 520 g/mol. The van der Waals surface area contributed by atoms with Crippen LogP contribution in [0.25, 0.3) is 0 Å². The first kappa shape index (κ1) is 26.2. The Morgan fingerprint density at radius 1 is 0.846 bits per heavy atom. The molecule has 1 aliphatic rings. The van der Waals surface area contributed by atoms with Gasteiger partial charge in [0.05, 0.1) is 6.61 Å². The zero-order valence-corrected chi connectivity index (χ0v) is 21.7. The molecule has 0 spiro atoms. The first-order valence-electron chi connectivity index (χ1n) is 13.2. The summed E-state index contributed by atoms with van der Waals surface area (Å²) >= 11 is 0. The molecule has 6 nitrogen and oxygen atoms in total. The molecule has 5 rings (SSSR count). The molecule has 0 unspecified atom stereocenters. The molecule has 198 valence electrons. The van der Waals surface area contributed by atoms with Gasteiger partial charge in [0.15, 0.2) is 11.6 Å². The average Bonchev–Trinajstić information content (AvgIpc) is 3.38. The minimum atomic E-state index is -1.22. The smallest absolute Gasteiger partial charge is 0.252 e. The predicted octanol–water partition coefficient (Wildman–Crippen LogP) is 5.26. The molecule has 0 saturated heterocycles. The second-order valence-electron chi connectivity index (χ2n) is 9.53. The predicted molar refractivity (Wildman–Crippen MR) is 152 cm³/mol. The molecule has 0 aromatic heterocycles. The minimum Gasteiger partial charge on any atom is -0.494 e. The van der Waals surface area contributed by atoms with Gasteiger partial charge in [0.1, 0.15) is 5.75 Å². The SMILES string of the molecule is O=C(NCc1ccccc1)[C@]1(Cc2ccccc2)N=C(c2ccc(OCCCO)cc2)O[C@@H]1c1ccccc1. The summed E-state index contributed by atoms with van der Waals surface area (Å²) in [6, 6.07) is 37.1. The minimum absolute atomic E-state index is 0.0828. The van der Waals surface area contributed by atoms with Crippen LogP contribution in [0.2, 0.25) is 0 Å². The van der Waals surface area contributed by atoms with E-state index in [0.717, 1.165) is 22.3 Å². The van der Waals surface area contributed by atoms with E-state index in [9.17, 15) is 4.79 Å². The highest BCUT2D eigenvalue weighted by Crippen LogP contribution is 2.42. The van der Waals surface area contributed by atoms with Gasteiger partial charge in [-0.05, 0) is 41.0 Å². The molecule has 2 atom stereocenters. The second-order valence-corrected chi connectivity index (χ2v) is 9.53. The quantitative estimate of drug-likeness (QED) is 0.264. The van der Waals surface area contributed by atoms with Crippen molar-refractivity contribution < 1.29 is 19.4 Å². The number of carbonyl (C=O) groups is 1. The van der Waals surface area contributed by atoms with Gasteiger partial charge in [0.2, 0.25) is 5.90 Å². The number of aliphatic imine (C=N–C) groups is 1. The Hall–Kier alpha value is -4.42. The highest BCUT2D eigenvalue weighted by molar-refractivity contribution is 6.01. The molecule has 0 aliphatic carbocycles. The van der Waals surface area contributed by atoms with Gasteiger partial charge in [0, 0.05) is 31.6 Å². The number of benzene rings is 4. The van der Waals surface area contributed by atoms with Crippen molar-refractivity contribution in [1.29, 1.82) is 0 Å². The van der Waals surface area contributed by atoms with E-state index in [1.807, 2.05) is 115 Å². The van der Waals surface area contributed by atoms with Crippen LogP contribution in [0.1, 0.15) is 34.8 Å². The zero-order chi connectivity index (χ0) is 26.9. The average molecular weight is 521 g/mol. The van der Waals surface area contributed by atoms with E-state index in [1.54, 1.807) is 0 Å². The summed E-state index contributed by atoms with van der Waals surface area (Å²) in [6.45, 7) is 0.910. The molecule has 0 bridgehead atoms. The molecule has 0 fully saturated rings. The van der Waals surface area contributed by atoms with Crippen LogP contribution in [0.3, 0.4) is 0 Å². The lowest BCUT2D eigenvalue weighted by molar-refractivity contribution is -0.129. The molecule has 1 heterocycles. The van der Waals surface area contributed by atoms with Gasteiger partial charge in [-0.2, -0.15) is 0 Å². The van der Waals surface area contributed by atoms with E-state index in [0.29, 0.717) is 37.6 Å². The summed E-state index contributed by atoms with van der Waals surface area (Å²) in [4.78, 5) is 19.2. The van der Waals surface area contributed by atoms with Gasteiger partial charge in [-0.3, -0.25) is 4.79 Å². The molecular formula is C33H32N2O4. The standard InChI is InChI=1S/C33H32N2O4/c36-21-10-22-38-29-19-17-28(18-20-29)31-35-33(23-25-11-4-1-5-12-25,30(39-31)27-15-8-3-9-16-27)32(37)34-24-26-13-6-2-7-14-26/h1-9,11-20,30,36H,10,21-24H2,(H,34,37)/t30-,33-/m1/s1. The number of nitrogens with zero attached hydrogens (tertiary/aromatic N) is 1. The molecule has 39 heavy (non-hydrogen) atoms. The second kappa shape index (κ2) is 12.4. The number of amides is 1. The van der Waals surface area contributed by atoms with Gasteiger partial charge >= 0.3 is 0 Å². The van der Waals surface area contributed by atoms with Gasteiger partial charge in [-0.25, -0.2) is 4.99 Å². The number of nitrogens with one attached hydrogen (secondary N) is 1. The lowest BCUT2D eigenvalue weighted by Crippen LogP contribution is -2.49. The molecule has 2 N–H and O–H groups in total. The van der Waals surface area contributed by atoms with Gasteiger partial charge in [-0.15, -0.1) is 0 Å². The Labute approximate surface area is 229 Å². The molecule has 0 radical (unpaired) electrons. The lowest BCUT2D eigenvalue weighted by Gasteiger charge is -2.31. The van der Waals surface area contributed by atoms with Crippen molar-refractivity contribution >= 4 is 11.8 Å². The van der Waals surface area contributed by atoms with Crippen molar-refractivity contribution in [2.45, 2.75) is 31.0 Å². The van der Waals surface area contributed by atoms with Crippen LogP contribution in [-0.2, 0) is 22.5 Å². The van der Waals surface area contributed by atoms with Crippen molar-refractivity contribution in [2.75, 3.05) is 13.2 Å². The summed E-state index contributed by atoms with van der Waals surface area (Å²) in [5, 5.41) is 12.2. The van der Waals surface area contributed by atoms with Crippen LogP contribution in [0.5, 0.6) is 5.75 Å². The van der Waals surface area contributed by atoms with Crippen LogP contribution >= 0.6 is 0 Å². The van der Waals surface area contributed by atoms with Crippen molar-refractivity contribution in [3.05, 3.63) is 138 Å². The Balaban J connectivity index is 1.52. The number of ether oxygens (including phenoxy) is 2. The number of hydrogen-bond donors (Lipinski definition) is 2. The van der Waals surface area contributed by atoms with Crippen LogP contribution in [0.4, 0.5) is 0 Å². The Bertz CT molecular complexity index is 1380. The number of aliphatic hydroxyl groups is 1. The third kappa shape index (κ3) is 6.19. The summed E-state index contributed by atoms with van der Waals surface area (Å²) < 4.78 is 12.2. The highest BCUT2D eigenvalue weighted by atomic mass is 16.5. The topological polar surface area (TPSA) is 80.2 Å². The fraction of sp³-hybridized carbons (Fsp3) is 0.212. The van der Waals surface area contributed by atoms with E-state index >= 15 is 0 Å². The van der Waals surface area contributed by atoms with Crippen molar-refractivity contribution in [1.82, 2.24) is 5.32 Å². The zero-order valence-electron chi connectivity index (χ0n) is 21.7. The molecule has 4 aromatic rings. The summed E-state index contributed by atoms with van der Waals surface area (Å²) in [5.41, 5.74) is 2.43. The normalized spacial score (nSPS) is 18.2. The molecule has 1 aliphatic heterocycles. The highest BCUT2D eigenvalue weighted by Gasteiger charge is 2.53. The Morgan fingerprint density at radius 2 is 1.46 bits per heavy atom. The van der Waals surface area contributed by atoms with Crippen molar-refractivity contribution in [3.63, 3.8) is 0 Å². The molecular weight excluding hydrogens is 488 g/mol. The van der Waals surface area contributed by atoms with E-state index in [2.05, 4.69) is 5.32 Å². The number of carbonyl (C=O) groups excluding carboxylic acids is 1. The Morgan fingerprint density at radius 3 is 2.10 bits per heavy atom. The van der Waals surface area contributed by atoms with Gasteiger partial charge < -0.3 is 19.9 Å². The first-order valence-corrected chi connectivity index (χ1v) is 13.2.